The number of nitrogens with one attached hydrogen (secondary N) is 1. The summed E-state index contributed by atoms with van der Waals surface area (Å²) in [7, 11) is 0. The molecule has 1 aromatic carbocycles. The number of aryl methyl sites for hydroxylation is 1. The second-order valence-electron chi connectivity index (χ2n) is 7.68. The molecule has 0 saturated carbocycles. The number of esters is 1. The maximum Gasteiger partial charge on any atom is 0.312 e. The topological polar surface area (TPSA) is 75.7 Å². The minimum Gasteiger partial charge on any atom is -0.455 e. The molecule has 7 heteroatoms. The zero-order chi connectivity index (χ0) is 21.0. The highest BCUT2D eigenvalue weighted by atomic mass is 32.1. The number of rotatable bonds is 7. The van der Waals surface area contributed by atoms with Gasteiger partial charge in [0.1, 0.15) is 0 Å². The van der Waals surface area contributed by atoms with Crippen molar-refractivity contribution in [1.82, 2.24) is 5.32 Å². The van der Waals surface area contributed by atoms with Crippen molar-refractivity contribution >= 4 is 34.8 Å². The van der Waals surface area contributed by atoms with Gasteiger partial charge in [-0.3, -0.25) is 14.4 Å². The Balaban J connectivity index is 1.77. The average Bonchev–Trinajstić information content (AvgIpc) is 3.32. The van der Waals surface area contributed by atoms with Crippen LogP contribution in [0.4, 0.5) is 5.69 Å². The standard InChI is InChI=1S/C22H26N2O4S/c1-14(2)12-23-19(25)13-28-22(27)17-11-20(26)24(16-8-6-15(3)7-9-16)21(17)18-5-4-10-29-18/h4-10,14,17,21H,11-13H2,1-3H3,(H,23,25). The van der Waals surface area contributed by atoms with E-state index in [-0.39, 0.29) is 24.8 Å². The van der Waals surface area contributed by atoms with Gasteiger partial charge in [0.25, 0.3) is 5.91 Å². The van der Waals surface area contributed by atoms with Gasteiger partial charge in [-0.15, -0.1) is 11.3 Å². The second kappa shape index (κ2) is 9.22. The molecule has 0 radical (unpaired) electrons. The molecule has 0 bridgehead atoms. The van der Waals surface area contributed by atoms with Crippen LogP contribution < -0.4 is 10.2 Å². The Morgan fingerprint density at radius 3 is 2.59 bits per heavy atom. The van der Waals surface area contributed by atoms with Gasteiger partial charge in [0.05, 0.1) is 12.0 Å². The number of hydrogen-bond donors (Lipinski definition) is 1. The molecular weight excluding hydrogens is 388 g/mol. The van der Waals surface area contributed by atoms with E-state index in [1.807, 2.05) is 62.5 Å². The maximum atomic E-state index is 12.8. The van der Waals surface area contributed by atoms with Crippen molar-refractivity contribution < 1.29 is 19.1 Å². The molecule has 1 aromatic heterocycles. The normalized spacial score (nSPS) is 18.9. The summed E-state index contributed by atoms with van der Waals surface area (Å²) >= 11 is 1.50. The molecule has 0 aliphatic carbocycles. The van der Waals surface area contributed by atoms with Crippen LogP contribution >= 0.6 is 11.3 Å². The van der Waals surface area contributed by atoms with E-state index in [1.54, 1.807) is 4.90 Å². The fourth-order valence-electron chi connectivity index (χ4n) is 3.35. The van der Waals surface area contributed by atoms with Gasteiger partial charge in [-0.1, -0.05) is 37.6 Å². The summed E-state index contributed by atoms with van der Waals surface area (Å²) in [5.41, 5.74) is 1.85. The van der Waals surface area contributed by atoms with Gasteiger partial charge in [-0.05, 0) is 36.4 Å². The highest BCUT2D eigenvalue weighted by Gasteiger charge is 2.46. The molecule has 0 spiro atoms. The van der Waals surface area contributed by atoms with Gasteiger partial charge >= 0.3 is 5.97 Å². The first-order chi connectivity index (χ1) is 13.9. The number of anilines is 1. The van der Waals surface area contributed by atoms with E-state index >= 15 is 0 Å². The summed E-state index contributed by atoms with van der Waals surface area (Å²) in [6, 6.07) is 11.1. The van der Waals surface area contributed by atoms with Crippen LogP contribution in [-0.4, -0.2) is 30.9 Å². The molecule has 1 aliphatic heterocycles. The summed E-state index contributed by atoms with van der Waals surface area (Å²) in [4.78, 5) is 40.1. The average molecular weight is 415 g/mol. The van der Waals surface area contributed by atoms with Gasteiger partial charge in [0.2, 0.25) is 5.91 Å². The zero-order valence-electron chi connectivity index (χ0n) is 16.9. The third kappa shape index (κ3) is 5.03. The van der Waals surface area contributed by atoms with Gasteiger partial charge < -0.3 is 15.0 Å². The minimum absolute atomic E-state index is 0.0584. The van der Waals surface area contributed by atoms with Crippen LogP contribution in [-0.2, 0) is 19.1 Å². The third-order valence-corrected chi connectivity index (χ3v) is 5.77. The highest BCUT2D eigenvalue weighted by Crippen LogP contribution is 2.43. The Morgan fingerprint density at radius 2 is 1.97 bits per heavy atom. The fraction of sp³-hybridized carbons (Fsp3) is 0.409. The molecule has 2 aromatic rings. The van der Waals surface area contributed by atoms with E-state index in [1.165, 1.54) is 11.3 Å². The Bertz CT molecular complexity index is 861. The van der Waals surface area contributed by atoms with Crippen molar-refractivity contribution in [1.29, 1.82) is 0 Å². The molecule has 6 nitrogen and oxygen atoms in total. The summed E-state index contributed by atoms with van der Waals surface area (Å²) in [6.07, 6.45) is 0.0584. The summed E-state index contributed by atoms with van der Waals surface area (Å²) in [6.45, 7) is 6.15. The van der Waals surface area contributed by atoms with Crippen molar-refractivity contribution in [3.05, 3.63) is 52.2 Å². The number of amides is 2. The lowest BCUT2D eigenvalue weighted by molar-refractivity contribution is -0.153. The monoisotopic (exact) mass is 414 g/mol. The van der Waals surface area contributed by atoms with Crippen LogP contribution in [0, 0.1) is 18.8 Å². The maximum absolute atomic E-state index is 12.8. The minimum atomic E-state index is -0.652. The first kappa shape index (κ1) is 21.0. The Morgan fingerprint density at radius 1 is 1.24 bits per heavy atom. The van der Waals surface area contributed by atoms with Crippen molar-refractivity contribution in [3.8, 4) is 0 Å². The van der Waals surface area contributed by atoms with E-state index in [9.17, 15) is 14.4 Å². The molecule has 2 atom stereocenters. The fourth-order valence-corrected chi connectivity index (χ4v) is 4.23. The van der Waals surface area contributed by atoms with Crippen LogP contribution in [0.5, 0.6) is 0 Å². The molecule has 3 rings (SSSR count). The summed E-state index contributed by atoms with van der Waals surface area (Å²) in [5.74, 6) is -1.32. The summed E-state index contributed by atoms with van der Waals surface area (Å²) < 4.78 is 5.27. The number of hydrogen-bond acceptors (Lipinski definition) is 5. The van der Waals surface area contributed by atoms with E-state index in [0.29, 0.717) is 12.5 Å². The van der Waals surface area contributed by atoms with Gasteiger partial charge in [-0.2, -0.15) is 0 Å². The zero-order valence-corrected chi connectivity index (χ0v) is 17.7. The predicted octanol–water partition coefficient (Wildman–Crippen LogP) is 3.47. The van der Waals surface area contributed by atoms with Crippen molar-refractivity contribution in [2.45, 2.75) is 33.2 Å². The number of nitrogens with zero attached hydrogens (tertiary/aromatic N) is 1. The third-order valence-electron chi connectivity index (χ3n) is 4.83. The molecule has 2 amide bonds. The Labute approximate surface area is 174 Å². The van der Waals surface area contributed by atoms with E-state index in [2.05, 4.69) is 5.32 Å². The second-order valence-corrected chi connectivity index (χ2v) is 8.66. The SMILES string of the molecule is Cc1ccc(N2C(=O)CC(C(=O)OCC(=O)NCC(C)C)C2c2cccs2)cc1. The summed E-state index contributed by atoms with van der Waals surface area (Å²) in [5, 5.41) is 4.65. The molecular formula is C22H26N2O4S. The van der Waals surface area contributed by atoms with Crippen molar-refractivity contribution in [3.63, 3.8) is 0 Å². The first-order valence-corrected chi connectivity index (χ1v) is 10.6. The van der Waals surface area contributed by atoms with Crippen LogP contribution in [0.15, 0.2) is 41.8 Å². The smallest absolute Gasteiger partial charge is 0.312 e. The number of ether oxygens (including phenoxy) is 1. The van der Waals surface area contributed by atoms with Crippen LogP contribution in [0.3, 0.4) is 0 Å². The van der Waals surface area contributed by atoms with Gasteiger partial charge in [0.15, 0.2) is 6.61 Å². The van der Waals surface area contributed by atoms with E-state index in [4.69, 9.17) is 4.74 Å². The van der Waals surface area contributed by atoms with Gasteiger partial charge in [-0.25, -0.2) is 0 Å². The lowest BCUT2D eigenvalue weighted by atomic mass is 9.99. The van der Waals surface area contributed by atoms with Gasteiger partial charge in [0, 0.05) is 23.5 Å². The first-order valence-electron chi connectivity index (χ1n) is 9.72. The molecule has 29 heavy (non-hydrogen) atoms. The van der Waals surface area contributed by atoms with Crippen molar-refractivity contribution in [2.24, 2.45) is 11.8 Å². The van der Waals surface area contributed by atoms with E-state index in [0.717, 1.165) is 16.1 Å². The molecule has 154 valence electrons. The lowest BCUT2D eigenvalue weighted by Gasteiger charge is -2.27. The molecule has 2 unspecified atom stereocenters. The predicted molar refractivity (Wildman–Crippen MR) is 113 cm³/mol. The van der Waals surface area contributed by atoms with Crippen LogP contribution in [0.25, 0.3) is 0 Å². The Hall–Kier alpha value is -2.67. The molecule has 2 heterocycles. The van der Waals surface area contributed by atoms with Crippen molar-refractivity contribution in [2.75, 3.05) is 18.1 Å². The highest BCUT2D eigenvalue weighted by molar-refractivity contribution is 7.10. The molecule has 1 N–H and O–H groups in total. The van der Waals surface area contributed by atoms with Crippen LogP contribution in [0.2, 0.25) is 0 Å². The molecule has 1 aliphatic rings. The number of carbonyl (C=O) groups is 3. The lowest BCUT2D eigenvalue weighted by Crippen LogP contribution is -2.34. The number of thiophene rings is 1. The quantitative estimate of drug-likeness (QED) is 0.704. The molecule has 1 saturated heterocycles. The van der Waals surface area contributed by atoms with Crippen LogP contribution in [0.1, 0.15) is 36.8 Å². The molecule has 1 fully saturated rings. The van der Waals surface area contributed by atoms with E-state index < -0.39 is 17.9 Å². The number of carbonyl (C=O) groups excluding carboxylic acids is 3. The number of benzene rings is 1. The Kier molecular flexibility index (Phi) is 6.69. The largest absolute Gasteiger partial charge is 0.455 e.